The number of likely N-dealkylation sites (tertiary alicyclic amines) is 2. The minimum Gasteiger partial charge on any atom is -0.383 e. The van der Waals surface area contributed by atoms with E-state index in [4.69, 9.17) is 15.7 Å². The number of hydrogen-bond acceptors (Lipinski definition) is 6. The zero-order valence-electron chi connectivity index (χ0n) is 22.3. The van der Waals surface area contributed by atoms with Gasteiger partial charge in [-0.2, -0.15) is 0 Å². The van der Waals surface area contributed by atoms with Crippen molar-refractivity contribution in [2.24, 2.45) is 5.41 Å². The predicted molar refractivity (Wildman–Crippen MR) is 157 cm³/mol. The van der Waals surface area contributed by atoms with E-state index in [1.807, 2.05) is 47.4 Å². The maximum absolute atomic E-state index is 11.0. The van der Waals surface area contributed by atoms with Gasteiger partial charge in [-0.1, -0.05) is 42.5 Å². The van der Waals surface area contributed by atoms with E-state index in [0.717, 1.165) is 91.5 Å². The summed E-state index contributed by atoms with van der Waals surface area (Å²) in [5, 5.41) is 0. The van der Waals surface area contributed by atoms with Gasteiger partial charge in [-0.3, -0.25) is 14.3 Å². The van der Waals surface area contributed by atoms with Crippen molar-refractivity contribution < 1.29 is 4.79 Å². The third-order valence-corrected chi connectivity index (χ3v) is 8.40. The summed E-state index contributed by atoms with van der Waals surface area (Å²) in [6.07, 6.45) is 4.98. The van der Waals surface area contributed by atoms with Crippen LogP contribution in [0.5, 0.6) is 0 Å². The Bertz CT molecular complexity index is 1660. The molecule has 2 aliphatic rings. The molecule has 0 unspecified atom stereocenters. The van der Waals surface area contributed by atoms with Crippen LogP contribution in [0.15, 0.2) is 85.1 Å². The molecule has 8 heteroatoms. The van der Waals surface area contributed by atoms with Crippen LogP contribution >= 0.6 is 0 Å². The maximum Gasteiger partial charge on any atom is 0.209 e. The number of pyridine rings is 2. The van der Waals surface area contributed by atoms with E-state index >= 15 is 0 Å². The Kier molecular flexibility index (Phi) is 6.04. The molecule has 1 amide bonds. The summed E-state index contributed by atoms with van der Waals surface area (Å²) in [4.78, 5) is 29.7. The Hall–Kier alpha value is -4.56. The normalized spacial score (nSPS) is 16.8. The second kappa shape index (κ2) is 9.88. The summed E-state index contributed by atoms with van der Waals surface area (Å²) in [5.41, 5.74) is 13.2. The van der Waals surface area contributed by atoms with E-state index in [1.54, 1.807) is 6.20 Å². The molecule has 2 fully saturated rings. The average Bonchev–Trinajstić information content (AvgIpc) is 3.36. The Morgan fingerprint density at radius 1 is 0.875 bits per heavy atom. The van der Waals surface area contributed by atoms with E-state index in [9.17, 15) is 4.79 Å². The van der Waals surface area contributed by atoms with Gasteiger partial charge in [0.1, 0.15) is 11.3 Å². The van der Waals surface area contributed by atoms with E-state index in [-0.39, 0.29) is 0 Å². The molecule has 2 aromatic carbocycles. The zero-order chi connectivity index (χ0) is 27.1. The number of piperidine rings is 1. The standard InChI is InChI=1S/C32H31N7O/c33-29-26(7-4-16-34-29)30-36-28-13-12-27(24-5-2-1-3-6-24)35-31(28)39(30)25-10-8-23(9-11-25)19-37-17-14-32(15-18-37)20-38(21-32)22-40/h1-13,16,22H,14-15,17-21H2,(H2,33,34). The molecule has 8 nitrogen and oxygen atoms in total. The number of nitrogens with two attached hydrogens (primary N) is 1. The number of nitrogen functional groups attached to an aromatic ring is 1. The summed E-state index contributed by atoms with van der Waals surface area (Å²) in [6.45, 7) is 4.88. The first kappa shape index (κ1) is 24.5. The highest BCUT2D eigenvalue weighted by Crippen LogP contribution is 2.40. The summed E-state index contributed by atoms with van der Waals surface area (Å²) < 4.78 is 2.08. The molecule has 3 aromatic heterocycles. The fourth-order valence-electron chi connectivity index (χ4n) is 6.16. The molecule has 0 aliphatic carbocycles. The number of carbonyl (C=O) groups excluding carboxylic acids is 1. The second-order valence-corrected chi connectivity index (χ2v) is 11.1. The second-order valence-electron chi connectivity index (χ2n) is 11.1. The Morgan fingerprint density at radius 3 is 2.38 bits per heavy atom. The van der Waals surface area contributed by atoms with Crippen LogP contribution in [0.4, 0.5) is 5.82 Å². The number of fused-ring (bicyclic) bond motifs is 1. The first-order valence-electron chi connectivity index (χ1n) is 13.8. The van der Waals surface area contributed by atoms with Gasteiger partial charge >= 0.3 is 0 Å². The van der Waals surface area contributed by atoms with Gasteiger partial charge in [0, 0.05) is 42.5 Å². The Labute approximate surface area is 233 Å². The van der Waals surface area contributed by atoms with Gasteiger partial charge in [0.05, 0.1) is 11.3 Å². The first-order valence-corrected chi connectivity index (χ1v) is 13.8. The predicted octanol–water partition coefficient (Wildman–Crippen LogP) is 4.79. The van der Waals surface area contributed by atoms with Crippen molar-refractivity contribution in [1.82, 2.24) is 29.3 Å². The van der Waals surface area contributed by atoms with Gasteiger partial charge in [-0.25, -0.2) is 15.0 Å². The van der Waals surface area contributed by atoms with Crippen LogP contribution in [0.2, 0.25) is 0 Å². The van der Waals surface area contributed by atoms with Crippen LogP contribution in [0.3, 0.4) is 0 Å². The molecule has 0 atom stereocenters. The molecule has 40 heavy (non-hydrogen) atoms. The molecule has 5 aromatic rings. The molecule has 5 heterocycles. The summed E-state index contributed by atoms with van der Waals surface area (Å²) in [6, 6.07) is 26.7. The van der Waals surface area contributed by atoms with Gasteiger partial charge in [0.25, 0.3) is 0 Å². The van der Waals surface area contributed by atoms with Crippen LogP contribution in [0.1, 0.15) is 18.4 Å². The van der Waals surface area contributed by atoms with Crippen molar-refractivity contribution in [3.8, 4) is 28.3 Å². The highest BCUT2D eigenvalue weighted by molar-refractivity contribution is 5.84. The Balaban J connectivity index is 1.20. The molecule has 2 N–H and O–H groups in total. The number of hydrogen-bond donors (Lipinski definition) is 1. The van der Waals surface area contributed by atoms with Crippen molar-refractivity contribution in [2.75, 3.05) is 31.9 Å². The van der Waals surface area contributed by atoms with Gasteiger partial charge in [-0.15, -0.1) is 0 Å². The lowest BCUT2D eigenvalue weighted by atomic mass is 9.72. The van der Waals surface area contributed by atoms with Crippen molar-refractivity contribution in [1.29, 1.82) is 0 Å². The van der Waals surface area contributed by atoms with Gasteiger partial charge in [0.2, 0.25) is 6.41 Å². The lowest BCUT2D eigenvalue weighted by Crippen LogP contribution is -2.59. The first-order chi connectivity index (χ1) is 19.6. The summed E-state index contributed by atoms with van der Waals surface area (Å²) in [7, 11) is 0. The van der Waals surface area contributed by atoms with Crippen LogP contribution in [-0.4, -0.2) is 61.9 Å². The van der Waals surface area contributed by atoms with E-state index < -0.39 is 0 Å². The highest BCUT2D eigenvalue weighted by Gasteiger charge is 2.44. The van der Waals surface area contributed by atoms with Crippen molar-refractivity contribution in [2.45, 2.75) is 19.4 Å². The molecule has 0 bridgehead atoms. The molecular formula is C32H31N7O. The number of rotatable bonds is 6. The van der Waals surface area contributed by atoms with Crippen molar-refractivity contribution >= 4 is 23.4 Å². The molecule has 2 saturated heterocycles. The summed E-state index contributed by atoms with van der Waals surface area (Å²) in [5.74, 6) is 1.15. The fourth-order valence-corrected chi connectivity index (χ4v) is 6.16. The lowest BCUT2D eigenvalue weighted by Gasteiger charge is -2.52. The number of amides is 1. The number of nitrogens with zero attached hydrogens (tertiary/aromatic N) is 6. The maximum atomic E-state index is 11.0. The van der Waals surface area contributed by atoms with E-state index in [2.05, 4.69) is 50.8 Å². The van der Waals surface area contributed by atoms with Crippen LogP contribution in [0, 0.1) is 5.41 Å². The number of benzene rings is 2. The topological polar surface area (TPSA) is 93.2 Å². The van der Waals surface area contributed by atoms with Gasteiger partial charge in [-0.05, 0) is 67.9 Å². The molecule has 200 valence electrons. The molecule has 1 spiro atoms. The van der Waals surface area contributed by atoms with Gasteiger partial charge in [0.15, 0.2) is 11.5 Å². The molecule has 0 saturated carbocycles. The van der Waals surface area contributed by atoms with Crippen molar-refractivity contribution in [3.63, 3.8) is 0 Å². The minimum atomic E-state index is 0.347. The molecule has 0 radical (unpaired) electrons. The lowest BCUT2D eigenvalue weighted by molar-refractivity contribution is -0.132. The smallest absolute Gasteiger partial charge is 0.209 e. The largest absolute Gasteiger partial charge is 0.383 e. The fraction of sp³-hybridized carbons (Fsp3) is 0.250. The summed E-state index contributed by atoms with van der Waals surface area (Å²) >= 11 is 0. The molecular weight excluding hydrogens is 498 g/mol. The minimum absolute atomic E-state index is 0.347. The highest BCUT2D eigenvalue weighted by atomic mass is 16.1. The van der Waals surface area contributed by atoms with Crippen LogP contribution in [-0.2, 0) is 11.3 Å². The van der Waals surface area contributed by atoms with E-state index in [1.165, 1.54) is 5.56 Å². The van der Waals surface area contributed by atoms with Gasteiger partial charge < -0.3 is 10.6 Å². The van der Waals surface area contributed by atoms with Crippen LogP contribution in [0.25, 0.3) is 39.5 Å². The quantitative estimate of drug-likeness (QED) is 0.318. The monoisotopic (exact) mass is 529 g/mol. The number of aromatic nitrogens is 4. The third-order valence-electron chi connectivity index (χ3n) is 8.40. The SMILES string of the molecule is Nc1ncccc1-c1nc2ccc(-c3ccccc3)nc2n1-c1ccc(CN2CCC3(CC2)CN(C=O)C3)cc1. The molecule has 7 rings (SSSR count). The van der Waals surface area contributed by atoms with Crippen molar-refractivity contribution in [3.05, 3.63) is 90.6 Å². The average molecular weight is 530 g/mol. The number of imidazole rings is 1. The van der Waals surface area contributed by atoms with E-state index in [0.29, 0.717) is 11.2 Å². The number of anilines is 1. The zero-order valence-corrected chi connectivity index (χ0v) is 22.3. The molecule has 2 aliphatic heterocycles. The Morgan fingerprint density at radius 2 is 1.65 bits per heavy atom. The van der Waals surface area contributed by atoms with Crippen LogP contribution < -0.4 is 5.73 Å². The number of carbonyl (C=O) groups is 1. The third kappa shape index (κ3) is 4.40.